The zero-order valence-electron chi connectivity index (χ0n) is 6.33. The first-order chi connectivity index (χ1) is 6.13. The first kappa shape index (κ1) is 9.88. The third-order valence-corrected chi connectivity index (χ3v) is 3.85. The molecule has 0 N–H and O–H groups in total. The molecule has 13 heavy (non-hydrogen) atoms. The highest BCUT2D eigenvalue weighted by Crippen LogP contribution is 2.43. The van der Waals surface area contributed by atoms with Crippen molar-refractivity contribution in [2.75, 3.05) is 0 Å². The molecular formula is C8H4Cl4O. The van der Waals surface area contributed by atoms with E-state index >= 15 is 0 Å². The minimum absolute atomic E-state index is 0.303. The second-order valence-corrected chi connectivity index (χ2v) is 4.22. The summed E-state index contributed by atoms with van der Waals surface area (Å²) in [6.45, 7) is 0.898. The van der Waals surface area contributed by atoms with Crippen LogP contribution in [0, 0.1) is 0 Å². The Balaban J connectivity index is 2.77. The van der Waals surface area contributed by atoms with E-state index in [1.807, 2.05) is 0 Å². The molecule has 0 radical (unpaired) electrons. The SMILES string of the molecule is Clc1c(Cl)c(Cl)c2c(c1Cl)COC2. The quantitative estimate of drug-likeness (QED) is 0.497. The molecule has 0 saturated heterocycles. The molecule has 0 spiro atoms. The van der Waals surface area contributed by atoms with E-state index in [1.165, 1.54) is 0 Å². The Hall–Kier alpha value is 0.340. The molecule has 1 nitrogen and oxygen atoms in total. The average molecular weight is 258 g/mol. The normalized spacial score (nSPS) is 14.8. The predicted molar refractivity (Wildman–Crippen MR) is 55.0 cm³/mol. The number of hydrogen-bond acceptors (Lipinski definition) is 1. The molecule has 0 amide bonds. The number of ether oxygens (including phenoxy) is 1. The van der Waals surface area contributed by atoms with Crippen molar-refractivity contribution in [1.29, 1.82) is 0 Å². The van der Waals surface area contributed by atoms with Gasteiger partial charge in [-0.2, -0.15) is 0 Å². The highest BCUT2D eigenvalue weighted by molar-refractivity contribution is 6.52. The largest absolute Gasteiger partial charge is 0.372 e. The van der Waals surface area contributed by atoms with Gasteiger partial charge in [0.15, 0.2) is 0 Å². The molecule has 1 aromatic carbocycles. The van der Waals surface area contributed by atoms with Gasteiger partial charge in [0.1, 0.15) is 0 Å². The van der Waals surface area contributed by atoms with Gasteiger partial charge >= 0.3 is 0 Å². The van der Waals surface area contributed by atoms with Crippen molar-refractivity contribution in [2.24, 2.45) is 0 Å². The van der Waals surface area contributed by atoms with E-state index < -0.39 is 0 Å². The van der Waals surface area contributed by atoms with Crippen LogP contribution >= 0.6 is 46.4 Å². The van der Waals surface area contributed by atoms with Gasteiger partial charge in [-0.3, -0.25) is 0 Å². The molecule has 0 aromatic heterocycles. The Morgan fingerprint density at radius 1 is 0.692 bits per heavy atom. The standard InChI is InChI=1S/C8H4Cl4O/c9-5-3-1-13-2-4(3)6(10)8(12)7(5)11/h1-2H2. The van der Waals surface area contributed by atoms with Crippen LogP contribution in [0.4, 0.5) is 0 Å². The van der Waals surface area contributed by atoms with E-state index in [1.54, 1.807) is 0 Å². The molecule has 0 saturated carbocycles. The summed E-state index contributed by atoms with van der Waals surface area (Å²) in [5, 5.41) is 1.50. The first-order valence-electron chi connectivity index (χ1n) is 3.54. The lowest BCUT2D eigenvalue weighted by Crippen LogP contribution is -1.88. The smallest absolute Gasteiger partial charge is 0.0797 e. The van der Waals surface area contributed by atoms with Crippen molar-refractivity contribution in [2.45, 2.75) is 13.2 Å². The summed E-state index contributed by atoms with van der Waals surface area (Å²) < 4.78 is 5.20. The lowest BCUT2D eigenvalue weighted by molar-refractivity contribution is 0.134. The summed E-state index contributed by atoms with van der Waals surface area (Å²) >= 11 is 23.6. The molecule has 0 unspecified atom stereocenters. The van der Waals surface area contributed by atoms with Gasteiger partial charge in [-0.05, 0) is 0 Å². The number of rotatable bonds is 0. The van der Waals surface area contributed by atoms with Crippen LogP contribution in [0.25, 0.3) is 0 Å². The third-order valence-electron chi connectivity index (χ3n) is 1.97. The lowest BCUT2D eigenvalue weighted by Gasteiger charge is -2.07. The van der Waals surface area contributed by atoms with Crippen LogP contribution in [-0.2, 0) is 18.0 Å². The number of benzene rings is 1. The fourth-order valence-corrected chi connectivity index (χ4v) is 2.32. The molecule has 1 aliphatic rings. The number of halogens is 4. The van der Waals surface area contributed by atoms with E-state index in [4.69, 9.17) is 51.1 Å². The molecular weight excluding hydrogens is 254 g/mol. The van der Waals surface area contributed by atoms with E-state index in [9.17, 15) is 0 Å². The summed E-state index contributed by atoms with van der Waals surface area (Å²) in [5.41, 5.74) is 1.70. The van der Waals surface area contributed by atoms with E-state index in [0.29, 0.717) is 33.3 Å². The third kappa shape index (κ3) is 1.43. The maximum Gasteiger partial charge on any atom is 0.0797 e. The minimum Gasteiger partial charge on any atom is -0.372 e. The van der Waals surface area contributed by atoms with Crippen LogP contribution in [0.2, 0.25) is 20.1 Å². The highest BCUT2D eigenvalue weighted by atomic mass is 35.5. The molecule has 2 rings (SSSR count). The van der Waals surface area contributed by atoms with E-state index in [0.717, 1.165) is 11.1 Å². The van der Waals surface area contributed by atoms with Crippen molar-refractivity contribution < 1.29 is 4.74 Å². The Morgan fingerprint density at radius 2 is 1.08 bits per heavy atom. The monoisotopic (exact) mass is 256 g/mol. The lowest BCUT2D eigenvalue weighted by atomic mass is 10.1. The van der Waals surface area contributed by atoms with Gasteiger partial charge in [0.05, 0.1) is 33.3 Å². The van der Waals surface area contributed by atoms with Gasteiger partial charge < -0.3 is 4.74 Å². The van der Waals surface area contributed by atoms with Gasteiger partial charge in [-0.15, -0.1) is 0 Å². The van der Waals surface area contributed by atoms with Crippen LogP contribution in [0.15, 0.2) is 0 Å². The second-order valence-electron chi connectivity index (χ2n) is 2.71. The van der Waals surface area contributed by atoms with E-state index in [2.05, 4.69) is 0 Å². The van der Waals surface area contributed by atoms with Gasteiger partial charge in [0.2, 0.25) is 0 Å². The fourth-order valence-electron chi connectivity index (χ4n) is 1.28. The molecule has 0 aliphatic carbocycles. The summed E-state index contributed by atoms with van der Waals surface area (Å²) in [7, 11) is 0. The van der Waals surface area contributed by atoms with Gasteiger partial charge in [-0.1, -0.05) is 46.4 Å². The molecule has 0 atom stereocenters. The average Bonchev–Trinajstić information content (AvgIpc) is 2.59. The predicted octanol–water partition coefficient (Wildman–Crippen LogP) is 4.33. The van der Waals surface area contributed by atoms with Crippen LogP contribution < -0.4 is 0 Å². The Bertz CT molecular complexity index is 340. The van der Waals surface area contributed by atoms with Crippen molar-refractivity contribution >= 4 is 46.4 Å². The van der Waals surface area contributed by atoms with Gasteiger partial charge in [-0.25, -0.2) is 0 Å². The topological polar surface area (TPSA) is 9.23 Å². The van der Waals surface area contributed by atoms with Gasteiger partial charge in [0.25, 0.3) is 0 Å². The summed E-state index contributed by atoms with van der Waals surface area (Å²) in [6, 6.07) is 0. The van der Waals surface area contributed by atoms with Crippen LogP contribution in [0.5, 0.6) is 0 Å². The number of fused-ring (bicyclic) bond motifs is 1. The van der Waals surface area contributed by atoms with Crippen LogP contribution in [0.1, 0.15) is 11.1 Å². The molecule has 0 bridgehead atoms. The Morgan fingerprint density at radius 3 is 1.46 bits per heavy atom. The van der Waals surface area contributed by atoms with Gasteiger partial charge in [0, 0.05) is 11.1 Å². The maximum atomic E-state index is 5.96. The molecule has 5 heteroatoms. The fraction of sp³-hybridized carbons (Fsp3) is 0.250. The minimum atomic E-state index is 0.303. The van der Waals surface area contributed by atoms with Crippen molar-refractivity contribution in [3.8, 4) is 0 Å². The van der Waals surface area contributed by atoms with Crippen molar-refractivity contribution in [3.63, 3.8) is 0 Å². The second kappa shape index (κ2) is 3.48. The Labute approximate surface area is 95.5 Å². The zero-order chi connectivity index (χ0) is 9.59. The molecule has 0 fully saturated rings. The summed E-state index contributed by atoms with van der Waals surface area (Å²) in [6.07, 6.45) is 0. The zero-order valence-corrected chi connectivity index (χ0v) is 9.36. The Kier molecular flexibility index (Phi) is 2.65. The number of hydrogen-bond donors (Lipinski definition) is 0. The summed E-state index contributed by atoms with van der Waals surface area (Å²) in [5.74, 6) is 0. The van der Waals surface area contributed by atoms with Crippen LogP contribution in [0.3, 0.4) is 0 Å². The molecule has 1 heterocycles. The molecule has 1 aromatic rings. The maximum absolute atomic E-state index is 5.96. The molecule has 1 aliphatic heterocycles. The van der Waals surface area contributed by atoms with Crippen molar-refractivity contribution in [1.82, 2.24) is 0 Å². The summed E-state index contributed by atoms with van der Waals surface area (Å²) in [4.78, 5) is 0. The highest BCUT2D eigenvalue weighted by Gasteiger charge is 2.23. The van der Waals surface area contributed by atoms with Crippen LogP contribution in [-0.4, -0.2) is 0 Å². The van der Waals surface area contributed by atoms with Crippen molar-refractivity contribution in [3.05, 3.63) is 31.2 Å². The molecule has 70 valence electrons. The first-order valence-corrected chi connectivity index (χ1v) is 5.05. The van der Waals surface area contributed by atoms with E-state index in [-0.39, 0.29) is 0 Å².